The number of anilines is 4. The molecule has 10 heteroatoms. The first-order chi connectivity index (χ1) is 17.4. The van der Waals surface area contributed by atoms with E-state index in [4.69, 9.17) is 0 Å². The summed E-state index contributed by atoms with van der Waals surface area (Å²) >= 11 is 0. The van der Waals surface area contributed by atoms with Crippen molar-refractivity contribution in [2.45, 2.75) is 26.8 Å². The average Bonchev–Trinajstić information content (AvgIpc) is 2.89. The van der Waals surface area contributed by atoms with Crippen molar-refractivity contribution in [1.82, 2.24) is 15.1 Å². The minimum Gasteiger partial charge on any atom is -0.379 e. The highest BCUT2D eigenvalue weighted by molar-refractivity contribution is 5.97. The predicted molar refractivity (Wildman–Crippen MR) is 135 cm³/mol. The second-order valence-electron chi connectivity index (χ2n) is 8.51. The number of rotatable bonds is 8. The lowest BCUT2D eigenvalue weighted by Gasteiger charge is -2.36. The number of benzene rings is 2. The Bertz CT molecular complexity index is 1240. The van der Waals surface area contributed by atoms with Gasteiger partial charge in [-0.25, -0.2) is 8.78 Å². The zero-order valence-electron chi connectivity index (χ0n) is 20.2. The summed E-state index contributed by atoms with van der Waals surface area (Å²) in [5.41, 5.74) is 2.42. The van der Waals surface area contributed by atoms with Crippen LogP contribution in [0.5, 0.6) is 0 Å². The van der Waals surface area contributed by atoms with Crippen LogP contribution in [0, 0.1) is 11.6 Å². The lowest BCUT2D eigenvalue weighted by atomic mass is 10.2. The van der Waals surface area contributed by atoms with Gasteiger partial charge in [-0.1, -0.05) is 19.1 Å². The van der Waals surface area contributed by atoms with Crippen LogP contribution in [-0.2, 0) is 11.3 Å². The van der Waals surface area contributed by atoms with E-state index < -0.39 is 11.6 Å². The fourth-order valence-corrected chi connectivity index (χ4v) is 4.06. The number of nitrogens with zero attached hydrogens (tertiary/aromatic N) is 4. The van der Waals surface area contributed by atoms with Gasteiger partial charge in [-0.05, 0) is 30.3 Å². The Hall–Kier alpha value is -4.08. The largest absolute Gasteiger partial charge is 0.379 e. The minimum atomic E-state index is -0.937. The number of amides is 1. The van der Waals surface area contributed by atoms with Gasteiger partial charge in [-0.15, -0.1) is 10.2 Å². The maximum Gasteiger partial charge on any atom is 0.222 e. The molecular weight excluding hydrogens is 466 g/mol. The van der Waals surface area contributed by atoms with Crippen molar-refractivity contribution in [3.63, 3.8) is 0 Å². The summed E-state index contributed by atoms with van der Waals surface area (Å²) in [5, 5.41) is 14.2. The van der Waals surface area contributed by atoms with Crippen LogP contribution in [0.25, 0.3) is 0 Å². The van der Waals surface area contributed by atoms with Crippen LogP contribution in [0.2, 0.25) is 0 Å². The molecule has 188 valence electrons. The van der Waals surface area contributed by atoms with E-state index in [1.54, 1.807) is 6.07 Å². The monoisotopic (exact) mass is 494 g/mol. The molecule has 2 N–H and O–H groups in total. The molecule has 0 bridgehead atoms. The topological polar surface area (TPSA) is 90.5 Å². The molecule has 2 heterocycles. The lowest BCUT2D eigenvalue weighted by Crippen LogP contribution is -2.48. The number of ketones is 1. The van der Waals surface area contributed by atoms with Crippen LogP contribution in [0.3, 0.4) is 0 Å². The van der Waals surface area contributed by atoms with Crippen LogP contribution in [0.15, 0.2) is 48.5 Å². The van der Waals surface area contributed by atoms with Crippen molar-refractivity contribution in [2.24, 2.45) is 0 Å². The minimum absolute atomic E-state index is 0.0270. The summed E-state index contributed by atoms with van der Waals surface area (Å²) in [6.45, 7) is 6.18. The van der Waals surface area contributed by atoms with Crippen molar-refractivity contribution in [3.8, 4) is 0 Å². The fourth-order valence-electron chi connectivity index (χ4n) is 4.06. The Morgan fingerprint density at radius 1 is 1.00 bits per heavy atom. The molecule has 0 aliphatic carbocycles. The van der Waals surface area contributed by atoms with E-state index >= 15 is 0 Å². The van der Waals surface area contributed by atoms with Gasteiger partial charge in [0.05, 0.1) is 5.69 Å². The third-order valence-electron chi connectivity index (χ3n) is 6.07. The van der Waals surface area contributed by atoms with Gasteiger partial charge in [-0.2, -0.15) is 0 Å². The summed E-state index contributed by atoms with van der Waals surface area (Å²) in [6.07, 6.45) is 0.523. The summed E-state index contributed by atoms with van der Waals surface area (Å²) in [7, 11) is 0. The highest BCUT2D eigenvalue weighted by Gasteiger charge is 2.20. The molecular formula is C26H28F2N6O2. The first kappa shape index (κ1) is 25.0. The van der Waals surface area contributed by atoms with Crippen LogP contribution >= 0.6 is 0 Å². The highest BCUT2D eigenvalue weighted by Crippen LogP contribution is 2.24. The second kappa shape index (κ2) is 11.1. The summed E-state index contributed by atoms with van der Waals surface area (Å²) in [5.74, 6) is -1.60. The van der Waals surface area contributed by atoms with Crippen molar-refractivity contribution in [2.75, 3.05) is 41.7 Å². The van der Waals surface area contributed by atoms with Crippen LogP contribution in [0.4, 0.5) is 31.7 Å². The van der Waals surface area contributed by atoms with Crippen LogP contribution in [0.1, 0.15) is 36.3 Å². The van der Waals surface area contributed by atoms with Gasteiger partial charge < -0.3 is 20.4 Å². The number of halogens is 2. The summed E-state index contributed by atoms with van der Waals surface area (Å²) < 4.78 is 27.5. The van der Waals surface area contributed by atoms with E-state index in [0.717, 1.165) is 30.5 Å². The fraction of sp³-hybridized carbons (Fsp3) is 0.308. The van der Waals surface area contributed by atoms with Gasteiger partial charge in [0.1, 0.15) is 0 Å². The molecule has 0 spiro atoms. The molecule has 0 saturated carbocycles. The molecule has 36 heavy (non-hydrogen) atoms. The first-order valence-corrected chi connectivity index (χ1v) is 11.8. The second-order valence-corrected chi connectivity index (χ2v) is 8.51. The quantitative estimate of drug-likeness (QED) is 0.450. The molecule has 0 atom stereocenters. The van der Waals surface area contributed by atoms with Gasteiger partial charge >= 0.3 is 0 Å². The summed E-state index contributed by atoms with van der Waals surface area (Å²) in [4.78, 5) is 28.0. The SMILES string of the molecule is CCC(=O)N1CCN(c2ccc(Nc3cc(NCc4cccc(F)c4F)c(C(C)=O)nn3)cc2)CC1. The first-order valence-electron chi connectivity index (χ1n) is 11.8. The number of carbonyl (C=O) groups excluding carboxylic acids is 2. The van der Waals surface area contributed by atoms with E-state index in [1.165, 1.54) is 19.1 Å². The standard InChI is InChI=1S/C26H28F2N6O2/c1-3-24(36)34-13-11-33(12-14-34)20-9-7-19(8-10-20)30-23-15-22(26(17(2)35)32-31-23)29-16-18-5-4-6-21(27)25(18)28/h4-10,15H,3,11-14,16H2,1-2H3,(H2,29,30,31). The molecule has 1 aliphatic rings. The summed E-state index contributed by atoms with van der Waals surface area (Å²) in [6, 6.07) is 13.4. The number of piperazine rings is 1. The third-order valence-corrected chi connectivity index (χ3v) is 6.07. The van der Waals surface area contributed by atoms with Gasteiger partial charge in [0, 0.05) is 69.1 Å². The molecule has 4 rings (SSSR count). The van der Waals surface area contributed by atoms with Crippen molar-refractivity contribution < 1.29 is 18.4 Å². The third kappa shape index (κ3) is 5.76. The maximum absolute atomic E-state index is 14.0. The Morgan fingerprint density at radius 3 is 2.39 bits per heavy atom. The average molecular weight is 495 g/mol. The smallest absolute Gasteiger partial charge is 0.222 e. The normalized spacial score (nSPS) is 13.4. The molecule has 0 radical (unpaired) electrons. The van der Waals surface area contributed by atoms with Crippen molar-refractivity contribution in [1.29, 1.82) is 0 Å². The van der Waals surface area contributed by atoms with E-state index in [0.29, 0.717) is 31.0 Å². The van der Waals surface area contributed by atoms with Crippen molar-refractivity contribution in [3.05, 3.63) is 71.4 Å². The Balaban J connectivity index is 1.43. The molecule has 1 aliphatic heterocycles. The number of carbonyl (C=O) groups is 2. The molecule has 1 fully saturated rings. The molecule has 2 aromatic carbocycles. The number of hydrogen-bond donors (Lipinski definition) is 2. The molecule has 1 amide bonds. The van der Waals surface area contributed by atoms with E-state index in [2.05, 4.69) is 25.7 Å². The molecule has 1 saturated heterocycles. The highest BCUT2D eigenvalue weighted by atomic mass is 19.2. The predicted octanol–water partition coefficient (Wildman–Crippen LogP) is 4.37. The Morgan fingerprint density at radius 2 is 1.72 bits per heavy atom. The van der Waals surface area contributed by atoms with Crippen LogP contribution in [-0.4, -0.2) is 53.0 Å². The molecule has 1 aromatic heterocycles. The maximum atomic E-state index is 14.0. The van der Waals surface area contributed by atoms with Gasteiger partial charge in [0.25, 0.3) is 0 Å². The number of nitrogens with one attached hydrogen (secondary N) is 2. The Kier molecular flexibility index (Phi) is 7.72. The zero-order valence-corrected chi connectivity index (χ0v) is 20.2. The van der Waals surface area contributed by atoms with E-state index in [9.17, 15) is 18.4 Å². The van der Waals surface area contributed by atoms with Crippen molar-refractivity contribution >= 4 is 34.6 Å². The molecule has 8 nitrogen and oxygen atoms in total. The number of hydrogen-bond acceptors (Lipinski definition) is 7. The number of aromatic nitrogens is 2. The zero-order chi connectivity index (χ0) is 25.7. The number of Topliss-reactive ketones (excluding diaryl/α,β-unsaturated/α-hetero) is 1. The Labute approximate surface area is 208 Å². The van der Waals surface area contributed by atoms with E-state index in [1.807, 2.05) is 36.1 Å². The van der Waals surface area contributed by atoms with Gasteiger partial charge in [0.15, 0.2) is 28.9 Å². The van der Waals surface area contributed by atoms with Crippen LogP contribution < -0.4 is 15.5 Å². The lowest BCUT2D eigenvalue weighted by molar-refractivity contribution is -0.131. The van der Waals surface area contributed by atoms with Gasteiger partial charge in [-0.3, -0.25) is 9.59 Å². The van der Waals surface area contributed by atoms with Gasteiger partial charge in [0.2, 0.25) is 5.91 Å². The molecule has 3 aromatic rings. The molecule has 0 unspecified atom stereocenters. The van der Waals surface area contributed by atoms with E-state index in [-0.39, 0.29) is 29.5 Å².